The summed E-state index contributed by atoms with van der Waals surface area (Å²) in [4.78, 5) is 10.7. The normalized spacial score (nSPS) is 9.93. The van der Waals surface area contributed by atoms with Crippen LogP contribution in [-0.2, 0) is 11.2 Å². The number of hydrogen-bond acceptors (Lipinski definition) is 2. The third-order valence-corrected chi connectivity index (χ3v) is 2.20. The first-order valence-corrected chi connectivity index (χ1v) is 5.24. The van der Waals surface area contributed by atoms with Crippen LogP contribution in [0, 0.1) is 0 Å². The summed E-state index contributed by atoms with van der Waals surface area (Å²) >= 11 is 0. The minimum Gasteiger partial charge on any atom is -0.387 e. The van der Waals surface area contributed by atoms with Gasteiger partial charge in [-0.15, -0.1) is 0 Å². The fourth-order valence-corrected chi connectivity index (χ4v) is 1.38. The lowest BCUT2D eigenvalue weighted by atomic mass is 10.1. The van der Waals surface area contributed by atoms with Crippen molar-refractivity contribution in [2.45, 2.75) is 19.3 Å². The van der Waals surface area contributed by atoms with Gasteiger partial charge in [0.1, 0.15) is 6.61 Å². The van der Waals surface area contributed by atoms with E-state index in [-0.39, 0.29) is 5.91 Å². The lowest BCUT2D eigenvalue weighted by Crippen LogP contribution is -2.27. The van der Waals surface area contributed by atoms with E-state index >= 15 is 0 Å². The van der Waals surface area contributed by atoms with Crippen LogP contribution in [0.15, 0.2) is 30.3 Å². The molecule has 0 aliphatic carbocycles. The van der Waals surface area contributed by atoms with Gasteiger partial charge in [-0.05, 0) is 24.8 Å². The molecular formula is C12H17NO2. The van der Waals surface area contributed by atoms with Crippen LogP contribution in [0.4, 0.5) is 0 Å². The lowest BCUT2D eigenvalue weighted by Gasteiger charge is -2.03. The Balaban J connectivity index is 2.05. The van der Waals surface area contributed by atoms with E-state index < -0.39 is 6.61 Å². The molecule has 0 saturated heterocycles. The number of unbranched alkanes of at least 4 members (excludes halogenated alkanes) is 1. The van der Waals surface area contributed by atoms with Gasteiger partial charge in [0.25, 0.3) is 0 Å². The highest BCUT2D eigenvalue weighted by atomic mass is 16.3. The van der Waals surface area contributed by atoms with E-state index in [1.54, 1.807) is 0 Å². The number of nitrogens with one attached hydrogen (secondary N) is 1. The summed E-state index contributed by atoms with van der Waals surface area (Å²) in [7, 11) is 0. The molecular weight excluding hydrogens is 190 g/mol. The monoisotopic (exact) mass is 207 g/mol. The van der Waals surface area contributed by atoms with Crippen molar-refractivity contribution in [1.29, 1.82) is 0 Å². The Kier molecular flexibility index (Phi) is 5.48. The molecule has 3 nitrogen and oxygen atoms in total. The Morgan fingerprint density at radius 2 is 1.93 bits per heavy atom. The second-order valence-corrected chi connectivity index (χ2v) is 3.45. The maximum absolute atomic E-state index is 10.7. The van der Waals surface area contributed by atoms with E-state index in [2.05, 4.69) is 17.4 Å². The summed E-state index contributed by atoms with van der Waals surface area (Å²) in [5, 5.41) is 11.1. The van der Waals surface area contributed by atoms with Crippen molar-refractivity contribution in [2.75, 3.05) is 13.2 Å². The van der Waals surface area contributed by atoms with Crippen molar-refractivity contribution >= 4 is 5.91 Å². The minimum atomic E-state index is -0.418. The molecule has 1 aromatic rings. The van der Waals surface area contributed by atoms with Gasteiger partial charge in [-0.1, -0.05) is 30.3 Å². The second kappa shape index (κ2) is 7.01. The summed E-state index contributed by atoms with van der Waals surface area (Å²) in [5.74, 6) is -0.297. The van der Waals surface area contributed by atoms with Crippen LogP contribution >= 0.6 is 0 Å². The molecule has 0 aromatic heterocycles. The van der Waals surface area contributed by atoms with Gasteiger partial charge in [0.2, 0.25) is 5.91 Å². The molecule has 1 amide bonds. The van der Waals surface area contributed by atoms with Gasteiger partial charge >= 0.3 is 0 Å². The maximum atomic E-state index is 10.7. The van der Waals surface area contributed by atoms with Gasteiger partial charge in [0.15, 0.2) is 0 Å². The van der Waals surface area contributed by atoms with Crippen molar-refractivity contribution in [2.24, 2.45) is 0 Å². The van der Waals surface area contributed by atoms with Crippen molar-refractivity contribution in [3.05, 3.63) is 35.9 Å². The molecule has 15 heavy (non-hydrogen) atoms. The largest absolute Gasteiger partial charge is 0.387 e. The molecule has 0 unspecified atom stereocenters. The van der Waals surface area contributed by atoms with E-state index in [1.165, 1.54) is 5.56 Å². The summed E-state index contributed by atoms with van der Waals surface area (Å²) in [6, 6.07) is 10.3. The van der Waals surface area contributed by atoms with Crippen LogP contribution in [0.2, 0.25) is 0 Å². The van der Waals surface area contributed by atoms with Gasteiger partial charge in [-0.3, -0.25) is 4.79 Å². The second-order valence-electron chi connectivity index (χ2n) is 3.45. The fraction of sp³-hybridized carbons (Fsp3) is 0.417. The Labute approximate surface area is 90.1 Å². The average molecular weight is 207 g/mol. The van der Waals surface area contributed by atoms with Crippen LogP contribution in [0.1, 0.15) is 18.4 Å². The lowest BCUT2D eigenvalue weighted by molar-refractivity contribution is -0.123. The van der Waals surface area contributed by atoms with Crippen molar-refractivity contribution in [1.82, 2.24) is 5.32 Å². The number of carbonyl (C=O) groups is 1. The molecule has 1 rings (SSSR count). The third kappa shape index (κ3) is 5.18. The average Bonchev–Trinajstić information content (AvgIpc) is 2.29. The highest BCUT2D eigenvalue weighted by Gasteiger charge is 1.96. The van der Waals surface area contributed by atoms with Crippen molar-refractivity contribution < 1.29 is 9.90 Å². The summed E-state index contributed by atoms with van der Waals surface area (Å²) in [6.07, 6.45) is 3.03. The standard InChI is InChI=1S/C12H17NO2/c14-10-12(15)13-9-5-4-8-11-6-2-1-3-7-11/h1-3,6-7,14H,4-5,8-10H2,(H,13,15). The maximum Gasteiger partial charge on any atom is 0.245 e. The molecule has 82 valence electrons. The van der Waals surface area contributed by atoms with Crippen LogP contribution in [0.5, 0.6) is 0 Å². The highest BCUT2D eigenvalue weighted by molar-refractivity contribution is 5.76. The summed E-state index contributed by atoms with van der Waals surface area (Å²) in [5.41, 5.74) is 1.32. The first-order chi connectivity index (χ1) is 7.33. The summed E-state index contributed by atoms with van der Waals surface area (Å²) in [6.45, 7) is 0.227. The molecule has 0 fully saturated rings. The van der Waals surface area contributed by atoms with E-state index in [1.807, 2.05) is 18.2 Å². The Morgan fingerprint density at radius 1 is 1.20 bits per heavy atom. The van der Waals surface area contributed by atoms with Gasteiger partial charge in [0, 0.05) is 6.54 Å². The highest BCUT2D eigenvalue weighted by Crippen LogP contribution is 2.03. The van der Waals surface area contributed by atoms with Crippen molar-refractivity contribution in [3.63, 3.8) is 0 Å². The Bertz CT molecular complexity index is 285. The molecule has 2 N–H and O–H groups in total. The van der Waals surface area contributed by atoms with Crippen LogP contribution in [0.3, 0.4) is 0 Å². The van der Waals surface area contributed by atoms with Crippen LogP contribution < -0.4 is 5.32 Å². The quantitative estimate of drug-likeness (QED) is 0.687. The molecule has 0 radical (unpaired) electrons. The van der Waals surface area contributed by atoms with Gasteiger partial charge < -0.3 is 10.4 Å². The Morgan fingerprint density at radius 3 is 2.60 bits per heavy atom. The van der Waals surface area contributed by atoms with Gasteiger partial charge in [0.05, 0.1) is 0 Å². The van der Waals surface area contributed by atoms with Crippen molar-refractivity contribution in [3.8, 4) is 0 Å². The molecule has 1 aromatic carbocycles. The number of benzene rings is 1. The molecule has 0 spiro atoms. The smallest absolute Gasteiger partial charge is 0.245 e. The Hall–Kier alpha value is -1.35. The number of aliphatic hydroxyl groups excluding tert-OH is 1. The molecule has 0 heterocycles. The van der Waals surface area contributed by atoms with E-state index in [0.717, 1.165) is 19.3 Å². The zero-order valence-electron chi connectivity index (χ0n) is 8.78. The molecule has 0 aliphatic rings. The van der Waals surface area contributed by atoms with Crippen LogP contribution in [0.25, 0.3) is 0 Å². The topological polar surface area (TPSA) is 49.3 Å². The number of carbonyl (C=O) groups excluding carboxylic acids is 1. The van der Waals surface area contributed by atoms with Gasteiger partial charge in [-0.25, -0.2) is 0 Å². The third-order valence-electron chi connectivity index (χ3n) is 2.20. The number of aryl methyl sites for hydroxylation is 1. The SMILES string of the molecule is O=C(CO)NCCCCc1ccccc1. The molecule has 0 bridgehead atoms. The predicted molar refractivity (Wildman–Crippen MR) is 59.5 cm³/mol. The number of hydrogen-bond donors (Lipinski definition) is 2. The molecule has 0 atom stereocenters. The molecule has 0 aliphatic heterocycles. The minimum absolute atomic E-state index is 0.297. The predicted octanol–water partition coefficient (Wildman–Crippen LogP) is 1.12. The first-order valence-electron chi connectivity index (χ1n) is 5.24. The number of amides is 1. The number of rotatable bonds is 6. The zero-order chi connectivity index (χ0) is 10.9. The molecule has 3 heteroatoms. The fourth-order valence-electron chi connectivity index (χ4n) is 1.38. The number of aliphatic hydroxyl groups is 1. The zero-order valence-corrected chi connectivity index (χ0v) is 8.78. The van der Waals surface area contributed by atoms with E-state index in [0.29, 0.717) is 6.54 Å². The summed E-state index contributed by atoms with van der Waals surface area (Å²) < 4.78 is 0. The molecule has 0 saturated carbocycles. The van der Waals surface area contributed by atoms with Crippen LogP contribution in [-0.4, -0.2) is 24.2 Å². The van der Waals surface area contributed by atoms with Gasteiger partial charge in [-0.2, -0.15) is 0 Å². The van der Waals surface area contributed by atoms with E-state index in [9.17, 15) is 4.79 Å². The van der Waals surface area contributed by atoms with E-state index in [4.69, 9.17) is 5.11 Å². The first kappa shape index (κ1) is 11.7.